The topological polar surface area (TPSA) is 105 Å². The molecule has 0 radical (unpaired) electrons. The Balaban J connectivity index is 1.64. The molecule has 0 fully saturated rings. The van der Waals surface area contributed by atoms with Gasteiger partial charge in [-0.1, -0.05) is 58.0 Å². The van der Waals surface area contributed by atoms with Crippen molar-refractivity contribution in [2.45, 2.75) is 12.1 Å². The maximum Gasteiger partial charge on any atom is 0.329 e. The molecule has 26 heavy (non-hydrogen) atoms. The van der Waals surface area contributed by atoms with Gasteiger partial charge < -0.3 is 20.9 Å². The summed E-state index contributed by atoms with van der Waals surface area (Å²) in [4.78, 5) is 23.8. The summed E-state index contributed by atoms with van der Waals surface area (Å²) in [7, 11) is 2.71. The van der Waals surface area contributed by atoms with E-state index in [0.29, 0.717) is 23.0 Å². The van der Waals surface area contributed by atoms with Crippen molar-refractivity contribution in [2.24, 2.45) is 11.5 Å². The van der Waals surface area contributed by atoms with Crippen molar-refractivity contribution in [1.29, 1.82) is 0 Å². The average Bonchev–Trinajstić information content (AvgIpc) is 2.66. The summed E-state index contributed by atoms with van der Waals surface area (Å²) in [5, 5.41) is 0. The lowest BCUT2D eigenvalue weighted by atomic mass is 10.3. The van der Waals surface area contributed by atoms with Gasteiger partial charge in [0.2, 0.25) is 0 Å². The van der Waals surface area contributed by atoms with E-state index in [0.717, 1.165) is 0 Å². The van der Waals surface area contributed by atoms with Gasteiger partial charge in [0, 0.05) is 11.5 Å². The number of nitrogens with two attached hydrogens (primary N) is 2. The van der Waals surface area contributed by atoms with Gasteiger partial charge in [-0.3, -0.25) is 0 Å². The smallest absolute Gasteiger partial charge is 0.329 e. The van der Waals surface area contributed by atoms with E-state index in [-0.39, 0.29) is 0 Å². The number of carbonyl (C=O) groups excluding carboxylic acids is 2. The first-order valence-electron chi connectivity index (χ1n) is 7.85. The lowest BCUT2D eigenvalue weighted by molar-refractivity contribution is -0.136. The Morgan fingerprint density at radius 2 is 1.08 bits per heavy atom. The second-order valence-electron chi connectivity index (χ2n) is 5.25. The standard InChI is InChI=1S/C18H20N2O4S2/c19-15(17(21)23-13-7-3-1-4-8-13)11-25-26-12-16(20)18(22)24-14-9-5-2-6-10-14/h1-10,15-16H,11-12,19-20H2. The predicted molar refractivity (Wildman–Crippen MR) is 105 cm³/mol. The van der Waals surface area contributed by atoms with Gasteiger partial charge in [-0.15, -0.1) is 0 Å². The number of hydrogen-bond acceptors (Lipinski definition) is 8. The lowest BCUT2D eigenvalue weighted by Gasteiger charge is -2.12. The van der Waals surface area contributed by atoms with Gasteiger partial charge in [0.05, 0.1) is 0 Å². The molecule has 0 heterocycles. The second kappa shape index (κ2) is 10.9. The van der Waals surface area contributed by atoms with Crippen molar-refractivity contribution in [2.75, 3.05) is 11.5 Å². The van der Waals surface area contributed by atoms with Crippen molar-refractivity contribution in [3.8, 4) is 11.5 Å². The fourth-order valence-corrected chi connectivity index (χ4v) is 3.95. The van der Waals surface area contributed by atoms with Crippen LogP contribution in [0.2, 0.25) is 0 Å². The van der Waals surface area contributed by atoms with E-state index in [2.05, 4.69) is 0 Å². The highest BCUT2D eigenvalue weighted by atomic mass is 33.1. The highest BCUT2D eigenvalue weighted by Crippen LogP contribution is 2.23. The molecule has 138 valence electrons. The minimum atomic E-state index is -0.764. The molecule has 8 heteroatoms. The molecule has 0 spiro atoms. The first kappa shape index (κ1) is 20.3. The number of carbonyl (C=O) groups is 2. The Bertz CT molecular complexity index is 639. The van der Waals surface area contributed by atoms with Gasteiger partial charge in [-0.05, 0) is 24.3 Å². The Hall–Kier alpha value is -2.00. The summed E-state index contributed by atoms with van der Waals surface area (Å²) in [6.45, 7) is 0. The van der Waals surface area contributed by atoms with Crippen LogP contribution in [0.5, 0.6) is 11.5 Å². The zero-order chi connectivity index (χ0) is 18.8. The molecule has 2 rings (SSSR count). The highest BCUT2D eigenvalue weighted by molar-refractivity contribution is 8.76. The molecule has 0 bridgehead atoms. The van der Waals surface area contributed by atoms with Gasteiger partial charge in [0.25, 0.3) is 0 Å². The monoisotopic (exact) mass is 392 g/mol. The van der Waals surface area contributed by atoms with Crippen molar-refractivity contribution < 1.29 is 19.1 Å². The van der Waals surface area contributed by atoms with Crippen LogP contribution in [-0.2, 0) is 9.59 Å². The lowest BCUT2D eigenvalue weighted by Crippen LogP contribution is -2.37. The summed E-state index contributed by atoms with van der Waals surface area (Å²) in [5.41, 5.74) is 11.6. The number of ether oxygens (including phenoxy) is 2. The van der Waals surface area contributed by atoms with Gasteiger partial charge in [-0.25, -0.2) is 9.59 Å². The van der Waals surface area contributed by atoms with Crippen LogP contribution in [0.25, 0.3) is 0 Å². The quantitative estimate of drug-likeness (QED) is 0.290. The molecule has 0 aliphatic heterocycles. The first-order valence-corrected chi connectivity index (χ1v) is 10.3. The molecule has 4 N–H and O–H groups in total. The van der Waals surface area contributed by atoms with Crippen LogP contribution < -0.4 is 20.9 Å². The molecule has 2 aromatic rings. The third-order valence-electron chi connectivity index (χ3n) is 3.11. The molecule has 2 unspecified atom stereocenters. The molecule has 0 saturated heterocycles. The van der Waals surface area contributed by atoms with Gasteiger partial charge in [0.1, 0.15) is 23.6 Å². The Labute approximate surface area is 160 Å². The maximum atomic E-state index is 11.9. The SMILES string of the molecule is NC(CSSCC(N)C(=O)Oc1ccccc1)C(=O)Oc1ccccc1. The summed E-state index contributed by atoms with van der Waals surface area (Å²) in [5.74, 6) is 0.592. The fraction of sp³-hybridized carbons (Fsp3) is 0.222. The maximum absolute atomic E-state index is 11.9. The minimum absolute atomic E-state index is 0.344. The predicted octanol–water partition coefficient (Wildman–Crippen LogP) is 2.23. The van der Waals surface area contributed by atoms with Crippen LogP contribution >= 0.6 is 21.6 Å². The zero-order valence-corrected chi connectivity index (χ0v) is 15.6. The first-order chi connectivity index (χ1) is 12.6. The van der Waals surface area contributed by atoms with Crippen LogP contribution in [0.15, 0.2) is 60.7 Å². The van der Waals surface area contributed by atoms with Crippen molar-refractivity contribution in [3.63, 3.8) is 0 Å². The summed E-state index contributed by atoms with van der Waals surface area (Å²) >= 11 is 0. The molecule has 0 aromatic heterocycles. The zero-order valence-electron chi connectivity index (χ0n) is 13.9. The molecule has 0 aliphatic rings. The molecule has 0 aliphatic carbocycles. The van der Waals surface area contributed by atoms with Crippen molar-refractivity contribution >= 4 is 33.5 Å². The highest BCUT2D eigenvalue weighted by Gasteiger charge is 2.19. The van der Waals surface area contributed by atoms with Gasteiger partial charge >= 0.3 is 11.9 Å². The molecule has 0 saturated carbocycles. The Morgan fingerprint density at radius 3 is 1.42 bits per heavy atom. The second-order valence-corrected chi connectivity index (χ2v) is 7.80. The summed E-state index contributed by atoms with van der Waals surface area (Å²) < 4.78 is 10.3. The average molecular weight is 393 g/mol. The van der Waals surface area contributed by atoms with Crippen LogP contribution in [-0.4, -0.2) is 35.5 Å². The number of rotatable bonds is 9. The van der Waals surface area contributed by atoms with Crippen LogP contribution in [0.3, 0.4) is 0 Å². The third-order valence-corrected chi connectivity index (χ3v) is 5.58. The Morgan fingerprint density at radius 1 is 0.731 bits per heavy atom. The molecule has 2 atom stereocenters. The van der Waals surface area contributed by atoms with E-state index in [9.17, 15) is 9.59 Å². The van der Waals surface area contributed by atoms with E-state index < -0.39 is 24.0 Å². The van der Waals surface area contributed by atoms with Crippen LogP contribution in [0.4, 0.5) is 0 Å². The summed E-state index contributed by atoms with van der Waals surface area (Å²) in [6.07, 6.45) is 0. The van der Waals surface area contributed by atoms with Gasteiger partial charge in [0.15, 0.2) is 0 Å². The van der Waals surface area contributed by atoms with E-state index in [4.69, 9.17) is 20.9 Å². The molecular formula is C18H20N2O4S2. The number of benzene rings is 2. The number of esters is 2. The Kier molecular flexibility index (Phi) is 8.49. The summed E-state index contributed by atoms with van der Waals surface area (Å²) in [6, 6.07) is 16.0. The van der Waals surface area contributed by atoms with Crippen molar-refractivity contribution in [1.82, 2.24) is 0 Å². The van der Waals surface area contributed by atoms with Gasteiger partial charge in [-0.2, -0.15) is 0 Å². The number of hydrogen-bond donors (Lipinski definition) is 2. The molecule has 2 aromatic carbocycles. The molecule has 0 amide bonds. The van der Waals surface area contributed by atoms with E-state index >= 15 is 0 Å². The largest absolute Gasteiger partial charge is 0.425 e. The van der Waals surface area contributed by atoms with E-state index in [1.807, 2.05) is 12.1 Å². The molecule has 6 nitrogen and oxygen atoms in total. The molecular weight excluding hydrogens is 372 g/mol. The van der Waals surface area contributed by atoms with E-state index in [1.165, 1.54) is 21.6 Å². The normalized spacial score (nSPS) is 12.8. The minimum Gasteiger partial charge on any atom is -0.425 e. The van der Waals surface area contributed by atoms with Crippen molar-refractivity contribution in [3.05, 3.63) is 60.7 Å². The van der Waals surface area contributed by atoms with E-state index in [1.54, 1.807) is 48.5 Å². The van der Waals surface area contributed by atoms with Crippen LogP contribution in [0.1, 0.15) is 0 Å². The fourth-order valence-electron chi connectivity index (χ4n) is 1.74. The third kappa shape index (κ3) is 7.09. The van der Waals surface area contributed by atoms with Crippen LogP contribution in [0, 0.1) is 0 Å². The number of para-hydroxylation sites is 2.